The Hall–Kier alpha value is -1.21. The summed E-state index contributed by atoms with van der Waals surface area (Å²) < 4.78 is 53.1. The molecule has 1 aromatic rings. The predicted octanol–water partition coefficient (Wildman–Crippen LogP) is 2.19. The zero-order chi connectivity index (χ0) is 14.8. The molecule has 1 aromatic carbocycles. The van der Waals surface area contributed by atoms with Crippen LogP contribution in [-0.4, -0.2) is 26.8 Å². The summed E-state index contributed by atoms with van der Waals surface area (Å²) in [4.78, 5) is -0.401. The second-order valence-electron chi connectivity index (χ2n) is 4.86. The maximum Gasteiger partial charge on any atom is 0.341 e. The van der Waals surface area contributed by atoms with Gasteiger partial charge in [-0.2, -0.15) is 8.78 Å². The van der Waals surface area contributed by atoms with E-state index in [0.29, 0.717) is 18.2 Å². The predicted molar refractivity (Wildman–Crippen MR) is 70.4 cm³/mol. The number of rotatable bonds is 5. The van der Waals surface area contributed by atoms with Gasteiger partial charge in [0.1, 0.15) is 11.9 Å². The Kier molecular flexibility index (Phi) is 4.59. The van der Waals surface area contributed by atoms with Crippen LogP contribution in [0.3, 0.4) is 0 Å². The molecule has 0 radical (unpaired) electrons. The first kappa shape index (κ1) is 15.2. The molecule has 2 atom stereocenters. The van der Waals surface area contributed by atoms with Gasteiger partial charge >= 0.3 is 5.76 Å². The molecule has 0 saturated heterocycles. The highest BCUT2D eigenvalue weighted by Crippen LogP contribution is 2.29. The smallest absolute Gasteiger partial charge is 0.341 e. The Labute approximate surface area is 116 Å². The number of benzene rings is 1. The highest BCUT2D eigenvalue weighted by Gasteiger charge is 2.29. The lowest BCUT2D eigenvalue weighted by atomic mass is 10.1. The Morgan fingerprint density at radius 3 is 2.45 bits per heavy atom. The summed E-state index contributed by atoms with van der Waals surface area (Å²) in [6, 6.07) is 5.09. The van der Waals surface area contributed by atoms with Gasteiger partial charge in [-0.05, 0) is 50.1 Å². The summed E-state index contributed by atoms with van der Waals surface area (Å²) in [5, 5.41) is 0. The van der Waals surface area contributed by atoms with E-state index >= 15 is 0 Å². The van der Waals surface area contributed by atoms with Crippen molar-refractivity contribution in [1.29, 1.82) is 0 Å². The number of hydrogen-bond donors (Lipinski definition) is 1. The maximum atomic E-state index is 12.4. The fourth-order valence-electron chi connectivity index (χ4n) is 2.41. The highest BCUT2D eigenvalue weighted by molar-refractivity contribution is 7.91. The van der Waals surface area contributed by atoms with E-state index in [4.69, 9.17) is 10.5 Å². The van der Waals surface area contributed by atoms with Crippen LogP contribution in [0.5, 0.6) is 5.75 Å². The van der Waals surface area contributed by atoms with E-state index in [1.165, 1.54) is 12.1 Å². The number of nitrogens with two attached hydrogens (primary N) is 1. The largest absolute Gasteiger partial charge is 0.490 e. The molecule has 1 fully saturated rings. The minimum Gasteiger partial charge on any atom is -0.490 e. The van der Waals surface area contributed by atoms with Crippen LogP contribution in [0.2, 0.25) is 0 Å². The monoisotopic (exact) mass is 305 g/mol. The van der Waals surface area contributed by atoms with Crippen molar-refractivity contribution in [3.63, 3.8) is 0 Å². The summed E-state index contributed by atoms with van der Waals surface area (Å²) in [5.41, 5.74) is 5.65. The van der Waals surface area contributed by atoms with Crippen LogP contribution in [0.25, 0.3) is 0 Å². The van der Waals surface area contributed by atoms with Crippen LogP contribution in [0.1, 0.15) is 19.3 Å². The molecular formula is C13H17F2NO3S. The van der Waals surface area contributed by atoms with Crippen molar-refractivity contribution in [2.24, 2.45) is 11.7 Å². The molecule has 112 valence electrons. The van der Waals surface area contributed by atoms with Gasteiger partial charge < -0.3 is 10.5 Å². The van der Waals surface area contributed by atoms with Gasteiger partial charge in [-0.1, -0.05) is 0 Å². The average Bonchev–Trinajstić information content (AvgIpc) is 2.86. The zero-order valence-electron chi connectivity index (χ0n) is 10.8. The molecule has 4 nitrogen and oxygen atoms in total. The first-order valence-electron chi connectivity index (χ1n) is 6.44. The molecule has 20 heavy (non-hydrogen) atoms. The second kappa shape index (κ2) is 6.05. The normalized spacial score (nSPS) is 23.2. The Bertz CT molecular complexity index is 545. The first-order valence-corrected chi connectivity index (χ1v) is 7.98. The van der Waals surface area contributed by atoms with E-state index < -0.39 is 20.5 Å². The van der Waals surface area contributed by atoms with Gasteiger partial charge in [-0.3, -0.25) is 0 Å². The van der Waals surface area contributed by atoms with Crippen LogP contribution in [0.15, 0.2) is 29.2 Å². The maximum absolute atomic E-state index is 12.4. The quantitative estimate of drug-likeness (QED) is 0.905. The van der Waals surface area contributed by atoms with E-state index in [2.05, 4.69) is 0 Å². The fraction of sp³-hybridized carbons (Fsp3) is 0.538. The van der Waals surface area contributed by atoms with E-state index in [-0.39, 0.29) is 6.10 Å². The van der Waals surface area contributed by atoms with Crippen molar-refractivity contribution >= 4 is 9.84 Å². The summed E-state index contributed by atoms with van der Waals surface area (Å²) in [7, 11) is -4.55. The van der Waals surface area contributed by atoms with Crippen molar-refractivity contribution in [1.82, 2.24) is 0 Å². The lowest BCUT2D eigenvalue weighted by Crippen LogP contribution is -2.27. The van der Waals surface area contributed by atoms with Crippen molar-refractivity contribution in [2.75, 3.05) is 6.54 Å². The lowest BCUT2D eigenvalue weighted by molar-refractivity contribution is 0.162. The molecule has 1 aliphatic rings. The minimum absolute atomic E-state index is 0.0116. The van der Waals surface area contributed by atoms with Crippen molar-refractivity contribution in [2.45, 2.75) is 36.0 Å². The minimum atomic E-state index is -4.55. The standard InChI is InChI=1S/C13H17F2NO3S/c14-13(15)20(17,18)11-6-4-10(5-7-11)19-12-3-1-2-9(12)8-16/h4-7,9,12-13H,1-3,8,16H2. The Balaban J connectivity index is 2.09. The van der Waals surface area contributed by atoms with Gasteiger partial charge in [-0.25, -0.2) is 8.42 Å². The summed E-state index contributed by atoms with van der Waals surface area (Å²) in [6.07, 6.45) is 2.97. The van der Waals surface area contributed by atoms with Gasteiger partial charge in [0, 0.05) is 5.92 Å². The van der Waals surface area contributed by atoms with E-state index in [9.17, 15) is 17.2 Å². The molecule has 2 rings (SSSR count). The number of alkyl halides is 2. The van der Waals surface area contributed by atoms with Crippen LogP contribution in [0, 0.1) is 5.92 Å². The van der Waals surface area contributed by atoms with Gasteiger partial charge in [-0.15, -0.1) is 0 Å². The van der Waals surface area contributed by atoms with Crippen LogP contribution < -0.4 is 10.5 Å². The molecule has 0 heterocycles. The van der Waals surface area contributed by atoms with Gasteiger partial charge in [0.15, 0.2) is 0 Å². The Morgan fingerprint density at radius 2 is 1.90 bits per heavy atom. The van der Waals surface area contributed by atoms with Crippen LogP contribution >= 0.6 is 0 Å². The molecule has 0 amide bonds. The third-order valence-corrected chi connectivity index (χ3v) is 4.96. The molecule has 7 heteroatoms. The molecule has 2 unspecified atom stereocenters. The lowest BCUT2D eigenvalue weighted by Gasteiger charge is -2.20. The van der Waals surface area contributed by atoms with Crippen LogP contribution in [-0.2, 0) is 9.84 Å². The SMILES string of the molecule is NCC1CCCC1Oc1ccc(S(=O)(=O)C(F)F)cc1. The number of ether oxygens (including phenoxy) is 1. The Morgan fingerprint density at radius 1 is 1.25 bits per heavy atom. The molecule has 1 aliphatic carbocycles. The molecule has 0 bridgehead atoms. The second-order valence-corrected chi connectivity index (χ2v) is 6.78. The third-order valence-electron chi connectivity index (χ3n) is 3.57. The molecule has 0 aromatic heterocycles. The number of halogens is 2. The van der Waals surface area contributed by atoms with Gasteiger partial charge in [0.2, 0.25) is 9.84 Å². The molecule has 1 saturated carbocycles. The van der Waals surface area contributed by atoms with E-state index in [0.717, 1.165) is 31.4 Å². The van der Waals surface area contributed by atoms with Gasteiger partial charge in [0.05, 0.1) is 4.90 Å². The summed E-state index contributed by atoms with van der Waals surface area (Å²) in [6.45, 7) is 0.544. The first-order chi connectivity index (χ1) is 9.45. The molecular weight excluding hydrogens is 288 g/mol. The number of hydrogen-bond acceptors (Lipinski definition) is 4. The third kappa shape index (κ3) is 3.09. The topological polar surface area (TPSA) is 69.4 Å². The average molecular weight is 305 g/mol. The molecule has 0 aliphatic heterocycles. The van der Waals surface area contributed by atoms with Crippen molar-refractivity contribution < 1.29 is 21.9 Å². The summed E-state index contributed by atoms with van der Waals surface area (Å²) >= 11 is 0. The van der Waals surface area contributed by atoms with Crippen molar-refractivity contribution in [3.8, 4) is 5.75 Å². The van der Waals surface area contributed by atoms with E-state index in [1.807, 2.05) is 0 Å². The van der Waals surface area contributed by atoms with E-state index in [1.54, 1.807) is 0 Å². The highest BCUT2D eigenvalue weighted by atomic mass is 32.2. The van der Waals surface area contributed by atoms with Crippen LogP contribution in [0.4, 0.5) is 8.78 Å². The molecule has 2 N–H and O–H groups in total. The van der Waals surface area contributed by atoms with Crippen molar-refractivity contribution in [3.05, 3.63) is 24.3 Å². The number of sulfone groups is 1. The summed E-state index contributed by atoms with van der Waals surface area (Å²) in [5.74, 6) is -2.64. The zero-order valence-corrected chi connectivity index (χ0v) is 11.7. The van der Waals surface area contributed by atoms with Gasteiger partial charge in [0.25, 0.3) is 0 Å². The fourth-order valence-corrected chi connectivity index (χ4v) is 3.13. The molecule has 0 spiro atoms.